The van der Waals surface area contributed by atoms with Crippen LogP contribution >= 0.6 is 0 Å². The number of carbonyl (C=O) groups excluding carboxylic acids is 1. The molecule has 0 spiro atoms. The molecule has 1 aliphatic carbocycles. The fourth-order valence-electron chi connectivity index (χ4n) is 2.37. The first kappa shape index (κ1) is 11.1. The molecule has 1 fully saturated rings. The Hall–Kier alpha value is -2.04. The summed E-state index contributed by atoms with van der Waals surface area (Å²) in [4.78, 5) is 11.6. The van der Waals surface area contributed by atoms with Crippen LogP contribution in [0.25, 0.3) is 0 Å². The van der Waals surface area contributed by atoms with Crippen molar-refractivity contribution in [2.24, 2.45) is 11.0 Å². The molecule has 1 N–H and O–H groups in total. The van der Waals surface area contributed by atoms with Gasteiger partial charge in [0.15, 0.2) is 11.4 Å². The van der Waals surface area contributed by atoms with E-state index in [1.165, 1.54) is 6.26 Å². The maximum Gasteiger partial charge on any atom is 0.307 e. The Labute approximate surface area is 104 Å². The summed E-state index contributed by atoms with van der Waals surface area (Å²) in [5.74, 6) is 1.23. The lowest BCUT2D eigenvalue weighted by Crippen LogP contribution is -2.27. The number of ether oxygens (including phenoxy) is 1. The van der Waals surface area contributed by atoms with E-state index in [9.17, 15) is 4.79 Å². The molecule has 1 amide bonds. The molecular weight excluding hydrogens is 232 g/mol. The topological polar surface area (TPSA) is 63.8 Å². The van der Waals surface area contributed by atoms with Crippen LogP contribution in [0, 0.1) is 5.92 Å². The minimum Gasteiger partial charge on any atom is -0.486 e. The van der Waals surface area contributed by atoms with Crippen LogP contribution in [0.1, 0.15) is 30.8 Å². The van der Waals surface area contributed by atoms with E-state index in [2.05, 4.69) is 16.6 Å². The Balaban J connectivity index is 1.66. The Kier molecular flexibility index (Phi) is 2.29. The van der Waals surface area contributed by atoms with E-state index in [-0.39, 0.29) is 17.3 Å². The van der Waals surface area contributed by atoms with E-state index < -0.39 is 0 Å². The molecule has 2 atom stereocenters. The molecule has 2 heterocycles. The standard InChI is InChI=1S/C13H14N2O3/c1-8-6-10-7-13(10,18-8)9(2)14-15-12(16)11-4-3-5-17-11/h3-6,10H,7H2,1-2H3,(H,15,16)/b14-9+. The Morgan fingerprint density at radius 2 is 2.44 bits per heavy atom. The number of hydrazone groups is 1. The number of hydrogen-bond donors (Lipinski definition) is 1. The lowest BCUT2D eigenvalue weighted by molar-refractivity contribution is 0.0926. The van der Waals surface area contributed by atoms with Crippen LogP contribution in [-0.2, 0) is 4.74 Å². The molecule has 1 saturated carbocycles. The highest BCUT2D eigenvalue weighted by atomic mass is 16.5. The number of amides is 1. The molecular formula is C13H14N2O3. The third kappa shape index (κ3) is 1.63. The number of fused-ring (bicyclic) bond motifs is 1. The van der Waals surface area contributed by atoms with Crippen LogP contribution in [0.2, 0.25) is 0 Å². The summed E-state index contributed by atoms with van der Waals surface area (Å²) in [6.07, 6.45) is 4.50. The largest absolute Gasteiger partial charge is 0.486 e. The lowest BCUT2D eigenvalue weighted by atomic mass is 10.2. The average Bonchev–Trinajstić information content (AvgIpc) is 2.78. The molecule has 18 heavy (non-hydrogen) atoms. The second kappa shape index (κ2) is 3.73. The van der Waals surface area contributed by atoms with Crippen molar-refractivity contribution in [1.29, 1.82) is 0 Å². The van der Waals surface area contributed by atoms with Gasteiger partial charge in [0, 0.05) is 12.3 Å². The highest BCUT2D eigenvalue weighted by Crippen LogP contribution is 2.54. The Morgan fingerprint density at radius 1 is 1.61 bits per heavy atom. The predicted octanol–water partition coefficient (Wildman–Crippen LogP) is 2.08. The van der Waals surface area contributed by atoms with Gasteiger partial charge in [-0.15, -0.1) is 0 Å². The van der Waals surface area contributed by atoms with Gasteiger partial charge in [-0.1, -0.05) is 0 Å². The average molecular weight is 246 g/mol. The molecule has 1 aromatic heterocycles. The fourth-order valence-corrected chi connectivity index (χ4v) is 2.37. The van der Waals surface area contributed by atoms with E-state index >= 15 is 0 Å². The number of hydrogen-bond acceptors (Lipinski definition) is 4. The zero-order valence-electron chi connectivity index (χ0n) is 10.3. The van der Waals surface area contributed by atoms with Gasteiger partial charge in [0.25, 0.3) is 0 Å². The van der Waals surface area contributed by atoms with Gasteiger partial charge in [-0.2, -0.15) is 5.10 Å². The van der Waals surface area contributed by atoms with Gasteiger partial charge in [0.05, 0.1) is 17.7 Å². The van der Waals surface area contributed by atoms with Gasteiger partial charge in [0.2, 0.25) is 0 Å². The summed E-state index contributed by atoms with van der Waals surface area (Å²) in [5.41, 5.74) is 2.97. The molecule has 1 aliphatic heterocycles. The highest BCUT2D eigenvalue weighted by Gasteiger charge is 2.61. The van der Waals surface area contributed by atoms with Gasteiger partial charge in [-0.05, 0) is 32.1 Å². The van der Waals surface area contributed by atoms with Crippen LogP contribution in [0.4, 0.5) is 0 Å². The van der Waals surface area contributed by atoms with Crippen molar-refractivity contribution in [1.82, 2.24) is 5.43 Å². The molecule has 2 aliphatic rings. The molecule has 5 nitrogen and oxygen atoms in total. The number of furan rings is 1. The van der Waals surface area contributed by atoms with Crippen molar-refractivity contribution < 1.29 is 13.9 Å². The summed E-state index contributed by atoms with van der Waals surface area (Å²) in [6.45, 7) is 3.80. The van der Waals surface area contributed by atoms with Gasteiger partial charge in [-0.25, -0.2) is 5.43 Å². The summed E-state index contributed by atoms with van der Waals surface area (Å²) in [6, 6.07) is 3.25. The zero-order chi connectivity index (χ0) is 12.8. The third-order valence-corrected chi connectivity index (χ3v) is 3.42. The normalized spacial score (nSPS) is 29.3. The maximum absolute atomic E-state index is 11.6. The van der Waals surface area contributed by atoms with E-state index in [1.54, 1.807) is 12.1 Å². The highest BCUT2D eigenvalue weighted by molar-refractivity contribution is 5.97. The van der Waals surface area contributed by atoms with Gasteiger partial charge >= 0.3 is 5.91 Å². The first-order chi connectivity index (χ1) is 8.62. The first-order valence-electron chi connectivity index (χ1n) is 5.88. The van der Waals surface area contributed by atoms with Crippen molar-refractivity contribution in [2.45, 2.75) is 25.9 Å². The smallest absolute Gasteiger partial charge is 0.307 e. The van der Waals surface area contributed by atoms with Crippen molar-refractivity contribution in [3.63, 3.8) is 0 Å². The summed E-state index contributed by atoms with van der Waals surface area (Å²) < 4.78 is 10.7. The number of nitrogens with zero attached hydrogens (tertiary/aromatic N) is 1. The van der Waals surface area contributed by atoms with Gasteiger partial charge in [-0.3, -0.25) is 4.79 Å². The van der Waals surface area contributed by atoms with Gasteiger partial charge < -0.3 is 9.15 Å². The second-order valence-corrected chi connectivity index (χ2v) is 4.69. The minimum atomic E-state index is -0.351. The van der Waals surface area contributed by atoms with Crippen molar-refractivity contribution in [3.05, 3.63) is 36.0 Å². The number of rotatable bonds is 3. The third-order valence-electron chi connectivity index (χ3n) is 3.42. The minimum absolute atomic E-state index is 0.248. The van der Waals surface area contributed by atoms with Crippen molar-refractivity contribution in [2.75, 3.05) is 0 Å². The Morgan fingerprint density at radius 3 is 3.06 bits per heavy atom. The van der Waals surface area contributed by atoms with Crippen LogP contribution in [0.3, 0.4) is 0 Å². The van der Waals surface area contributed by atoms with Gasteiger partial charge in [0.1, 0.15) is 0 Å². The number of allylic oxidation sites excluding steroid dienone is 1. The maximum atomic E-state index is 11.6. The molecule has 5 heteroatoms. The molecule has 0 bridgehead atoms. The molecule has 1 aromatic rings. The number of carbonyl (C=O) groups is 1. The molecule has 3 rings (SSSR count). The predicted molar refractivity (Wildman–Crippen MR) is 65.0 cm³/mol. The van der Waals surface area contributed by atoms with E-state index in [0.29, 0.717) is 5.92 Å². The second-order valence-electron chi connectivity index (χ2n) is 4.69. The zero-order valence-corrected chi connectivity index (χ0v) is 10.3. The van der Waals surface area contributed by atoms with E-state index in [4.69, 9.17) is 9.15 Å². The SMILES string of the molecule is CC1=CC2CC2(/C(C)=N/NC(=O)c2ccco2)O1. The van der Waals surface area contributed by atoms with Crippen molar-refractivity contribution in [3.8, 4) is 0 Å². The van der Waals surface area contributed by atoms with Crippen LogP contribution in [-0.4, -0.2) is 17.2 Å². The van der Waals surface area contributed by atoms with E-state index in [0.717, 1.165) is 17.9 Å². The van der Waals surface area contributed by atoms with Crippen LogP contribution < -0.4 is 5.43 Å². The number of nitrogens with one attached hydrogen (secondary N) is 1. The fraction of sp³-hybridized carbons (Fsp3) is 0.385. The summed E-state index contributed by atoms with van der Waals surface area (Å²) in [7, 11) is 0. The molecule has 0 saturated heterocycles. The summed E-state index contributed by atoms with van der Waals surface area (Å²) >= 11 is 0. The molecule has 94 valence electrons. The van der Waals surface area contributed by atoms with Crippen LogP contribution in [0.5, 0.6) is 0 Å². The first-order valence-corrected chi connectivity index (χ1v) is 5.88. The molecule has 0 radical (unpaired) electrons. The molecule has 0 aromatic carbocycles. The monoisotopic (exact) mass is 246 g/mol. The van der Waals surface area contributed by atoms with Crippen molar-refractivity contribution >= 4 is 11.6 Å². The summed E-state index contributed by atoms with van der Waals surface area (Å²) in [5, 5.41) is 4.11. The lowest BCUT2D eigenvalue weighted by Gasteiger charge is -2.14. The quantitative estimate of drug-likeness (QED) is 0.656. The molecule has 2 unspecified atom stereocenters. The van der Waals surface area contributed by atoms with E-state index in [1.807, 2.05) is 13.8 Å². The van der Waals surface area contributed by atoms with Crippen LogP contribution in [0.15, 0.2) is 39.7 Å². The Bertz CT molecular complexity index is 545.